The number of anilines is 2. The van der Waals surface area contributed by atoms with E-state index < -0.39 is 5.82 Å². The van der Waals surface area contributed by atoms with Crippen LogP contribution in [0.25, 0.3) is 0 Å². The molecule has 1 aliphatic carbocycles. The maximum Gasteiger partial charge on any atom is 0.254 e. The number of carbonyl (C=O) groups is 3. The smallest absolute Gasteiger partial charge is 0.254 e. The molecule has 8 heteroatoms. The predicted octanol–water partition coefficient (Wildman–Crippen LogP) is 3.15. The minimum Gasteiger partial charge on any atom is -0.368 e. The largest absolute Gasteiger partial charge is 0.368 e. The van der Waals surface area contributed by atoms with Crippen LogP contribution in [0.3, 0.4) is 0 Å². The summed E-state index contributed by atoms with van der Waals surface area (Å²) in [6.45, 7) is 6.44. The Morgan fingerprint density at radius 2 is 1.76 bits per heavy atom. The molecule has 2 aliphatic rings. The van der Waals surface area contributed by atoms with E-state index >= 15 is 0 Å². The van der Waals surface area contributed by atoms with Gasteiger partial charge in [0.05, 0.1) is 0 Å². The molecule has 3 amide bonds. The van der Waals surface area contributed by atoms with E-state index in [1.807, 2.05) is 24.3 Å². The summed E-state index contributed by atoms with van der Waals surface area (Å²) in [5.74, 6) is -0.757. The number of rotatable bonds is 8. The number of nitrogens with zero attached hydrogens (tertiary/aromatic N) is 3. The fourth-order valence-electron chi connectivity index (χ4n) is 4.08. The molecule has 1 aliphatic heterocycles. The minimum absolute atomic E-state index is 0.00437. The zero-order valence-electron chi connectivity index (χ0n) is 19.1. The van der Waals surface area contributed by atoms with Crippen molar-refractivity contribution in [1.82, 2.24) is 9.80 Å². The van der Waals surface area contributed by atoms with Crippen LogP contribution in [0, 0.1) is 11.7 Å². The van der Waals surface area contributed by atoms with E-state index in [1.165, 1.54) is 12.1 Å². The van der Waals surface area contributed by atoms with Gasteiger partial charge in [-0.05, 0) is 55.3 Å². The van der Waals surface area contributed by atoms with Gasteiger partial charge in [0.15, 0.2) is 0 Å². The second-order valence-corrected chi connectivity index (χ2v) is 8.67. The highest BCUT2D eigenvalue weighted by Crippen LogP contribution is 2.31. The molecule has 0 bridgehead atoms. The molecule has 178 valence electrons. The van der Waals surface area contributed by atoms with Gasteiger partial charge < -0.3 is 20.0 Å². The molecule has 2 aromatic carbocycles. The lowest BCUT2D eigenvalue weighted by atomic mass is 10.1. The molecular weight excluding hydrogens is 435 g/mol. The van der Waals surface area contributed by atoms with Gasteiger partial charge in [0.1, 0.15) is 12.4 Å². The van der Waals surface area contributed by atoms with Gasteiger partial charge in [0.2, 0.25) is 11.8 Å². The SMILES string of the molecule is C=CCN(CC(=O)Nc1ccc(N2CCN(C(=O)c3cccc(F)c3)CC2)cc1)C(=O)C1CC1. The Labute approximate surface area is 198 Å². The van der Waals surface area contributed by atoms with Crippen LogP contribution in [0.4, 0.5) is 15.8 Å². The van der Waals surface area contributed by atoms with E-state index in [9.17, 15) is 18.8 Å². The topological polar surface area (TPSA) is 73.0 Å². The molecule has 1 saturated heterocycles. The highest BCUT2D eigenvalue weighted by atomic mass is 19.1. The van der Waals surface area contributed by atoms with Crippen LogP contribution in [-0.2, 0) is 9.59 Å². The molecule has 7 nitrogen and oxygen atoms in total. The Morgan fingerprint density at radius 3 is 2.38 bits per heavy atom. The highest BCUT2D eigenvalue weighted by Gasteiger charge is 2.33. The first-order valence-corrected chi connectivity index (χ1v) is 11.5. The average molecular weight is 465 g/mol. The van der Waals surface area contributed by atoms with E-state index in [1.54, 1.807) is 28.0 Å². The van der Waals surface area contributed by atoms with E-state index in [4.69, 9.17) is 0 Å². The number of halogens is 1. The summed E-state index contributed by atoms with van der Waals surface area (Å²) in [5, 5.41) is 2.85. The molecule has 1 N–H and O–H groups in total. The minimum atomic E-state index is -0.417. The van der Waals surface area contributed by atoms with Gasteiger partial charge in [-0.3, -0.25) is 14.4 Å². The van der Waals surface area contributed by atoms with Gasteiger partial charge in [-0.1, -0.05) is 12.1 Å². The van der Waals surface area contributed by atoms with Crippen LogP contribution in [0.5, 0.6) is 0 Å². The Hall–Kier alpha value is -3.68. The molecule has 0 unspecified atom stereocenters. The van der Waals surface area contributed by atoms with E-state index in [-0.39, 0.29) is 30.2 Å². The second kappa shape index (κ2) is 10.5. The second-order valence-electron chi connectivity index (χ2n) is 8.67. The fourth-order valence-corrected chi connectivity index (χ4v) is 4.08. The van der Waals surface area contributed by atoms with Gasteiger partial charge in [0, 0.05) is 55.6 Å². The molecule has 0 atom stereocenters. The van der Waals surface area contributed by atoms with Crippen molar-refractivity contribution >= 4 is 29.1 Å². The van der Waals surface area contributed by atoms with Crippen LogP contribution >= 0.6 is 0 Å². The monoisotopic (exact) mass is 464 g/mol. The summed E-state index contributed by atoms with van der Waals surface area (Å²) >= 11 is 0. The number of carbonyl (C=O) groups excluding carboxylic acids is 3. The fraction of sp³-hybridized carbons (Fsp3) is 0.346. The zero-order valence-corrected chi connectivity index (χ0v) is 19.1. The Morgan fingerprint density at radius 1 is 1.06 bits per heavy atom. The molecular formula is C26H29FN4O3. The van der Waals surface area contributed by atoms with Gasteiger partial charge in [-0.15, -0.1) is 6.58 Å². The molecule has 1 heterocycles. The summed E-state index contributed by atoms with van der Waals surface area (Å²) in [6.07, 6.45) is 3.42. The quantitative estimate of drug-likeness (QED) is 0.610. The lowest BCUT2D eigenvalue weighted by Gasteiger charge is -2.36. The summed E-state index contributed by atoms with van der Waals surface area (Å²) in [7, 11) is 0. The third-order valence-corrected chi connectivity index (χ3v) is 6.08. The van der Waals surface area contributed by atoms with Crippen molar-refractivity contribution in [1.29, 1.82) is 0 Å². The van der Waals surface area contributed by atoms with Crippen LogP contribution in [0.1, 0.15) is 23.2 Å². The third-order valence-electron chi connectivity index (χ3n) is 6.08. The molecule has 0 spiro atoms. The van der Waals surface area contributed by atoms with Gasteiger partial charge in [0.25, 0.3) is 5.91 Å². The maximum absolute atomic E-state index is 13.4. The normalized spacial score (nSPS) is 15.6. The van der Waals surface area contributed by atoms with Crippen molar-refractivity contribution in [3.8, 4) is 0 Å². The van der Waals surface area contributed by atoms with Crippen LogP contribution in [-0.4, -0.2) is 66.8 Å². The number of nitrogens with one attached hydrogen (secondary N) is 1. The molecule has 34 heavy (non-hydrogen) atoms. The van der Waals surface area contributed by atoms with E-state index in [0.717, 1.165) is 18.5 Å². The lowest BCUT2D eigenvalue weighted by molar-refractivity contribution is -0.135. The van der Waals surface area contributed by atoms with Crippen LogP contribution < -0.4 is 10.2 Å². The van der Waals surface area contributed by atoms with Gasteiger partial charge >= 0.3 is 0 Å². The molecule has 0 aromatic heterocycles. The molecule has 2 aromatic rings. The maximum atomic E-state index is 13.4. The highest BCUT2D eigenvalue weighted by molar-refractivity contribution is 5.95. The first-order chi connectivity index (χ1) is 16.4. The Bertz CT molecular complexity index is 1060. The summed E-state index contributed by atoms with van der Waals surface area (Å²) in [5.41, 5.74) is 2.01. The molecule has 4 rings (SSSR count). The molecule has 0 radical (unpaired) electrons. The van der Waals surface area contributed by atoms with Crippen LogP contribution in [0.15, 0.2) is 61.2 Å². The first-order valence-electron chi connectivity index (χ1n) is 11.5. The van der Waals surface area contributed by atoms with Crippen molar-refractivity contribution in [2.45, 2.75) is 12.8 Å². The van der Waals surface area contributed by atoms with Crippen molar-refractivity contribution < 1.29 is 18.8 Å². The predicted molar refractivity (Wildman–Crippen MR) is 129 cm³/mol. The van der Waals surface area contributed by atoms with Gasteiger partial charge in [-0.2, -0.15) is 0 Å². The number of benzene rings is 2. The van der Waals surface area contributed by atoms with Crippen molar-refractivity contribution in [3.63, 3.8) is 0 Å². The van der Waals surface area contributed by atoms with Crippen molar-refractivity contribution in [3.05, 3.63) is 72.6 Å². The lowest BCUT2D eigenvalue weighted by Crippen LogP contribution is -2.48. The number of hydrogen-bond acceptors (Lipinski definition) is 4. The van der Waals surface area contributed by atoms with Crippen LogP contribution in [0.2, 0.25) is 0 Å². The third kappa shape index (κ3) is 5.81. The molecule has 2 fully saturated rings. The van der Waals surface area contributed by atoms with Gasteiger partial charge in [-0.25, -0.2) is 4.39 Å². The number of hydrogen-bond donors (Lipinski definition) is 1. The summed E-state index contributed by atoms with van der Waals surface area (Å²) in [4.78, 5) is 42.8. The first kappa shape index (κ1) is 23.5. The number of piperazine rings is 1. The average Bonchev–Trinajstić information content (AvgIpc) is 3.69. The zero-order chi connectivity index (χ0) is 24.1. The summed E-state index contributed by atoms with van der Waals surface area (Å²) in [6, 6.07) is 13.3. The standard InChI is InChI=1S/C26H29FN4O3/c1-2-12-31(25(33)19-6-7-19)18-24(32)28-22-8-10-23(11-9-22)29-13-15-30(16-14-29)26(34)20-4-3-5-21(27)17-20/h2-5,8-11,17,19H,1,6-7,12-16,18H2,(H,28,32). The Kier molecular flexibility index (Phi) is 7.25. The molecule has 1 saturated carbocycles. The van der Waals surface area contributed by atoms with Crippen molar-refractivity contribution in [2.75, 3.05) is 49.5 Å². The number of amides is 3. The summed E-state index contributed by atoms with van der Waals surface area (Å²) < 4.78 is 13.4. The van der Waals surface area contributed by atoms with Crippen molar-refractivity contribution in [2.24, 2.45) is 5.92 Å². The van der Waals surface area contributed by atoms with E-state index in [2.05, 4.69) is 16.8 Å². The Balaban J connectivity index is 1.28. The van der Waals surface area contributed by atoms with E-state index in [0.29, 0.717) is 44.0 Å².